The van der Waals surface area contributed by atoms with Crippen LogP contribution in [0.25, 0.3) is 0 Å². The molecule has 0 aliphatic heterocycles. The topological polar surface area (TPSA) is 49.3 Å². The second kappa shape index (κ2) is 9.85. The van der Waals surface area contributed by atoms with Gasteiger partial charge in [-0.05, 0) is 30.5 Å². The Labute approximate surface area is 102 Å². The lowest BCUT2D eigenvalue weighted by molar-refractivity contribution is -0.107. The van der Waals surface area contributed by atoms with Crippen LogP contribution in [-0.4, -0.2) is 18.1 Å². The summed E-state index contributed by atoms with van der Waals surface area (Å²) in [4.78, 5) is 9.06. The highest BCUT2D eigenvalue weighted by atomic mass is 127. The highest BCUT2D eigenvalue weighted by Gasteiger charge is 1.93. The van der Waals surface area contributed by atoms with Crippen molar-refractivity contribution in [3.05, 3.63) is 35.6 Å². The van der Waals surface area contributed by atoms with Gasteiger partial charge in [0.15, 0.2) is 0 Å². The molecule has 3 nitrogen and oxygen atoms in total. The molecule has 0 atom stereocenters. The molecule has 0 bridgehead atoms. The molecule has 0 heterocycles. The molecule has 1 aromatic carbocycles. The quantitative estimate of drug-likeness (QED) is 0.504. The van der Waals surface area contributed by atoms with Gasteiger partial charge in [0, 0.05) is 6.61 Å². The molecule has 1 aromatic rings. The van der Waals surface area contributed by atoms with Gasteiger partial charge in [0.2, 0.25) is 6.41 Å². The van der Waals surface area contributed by atoms with Gasteiger partial charge in [-0.25, -0.2) is 4.39 Å². The Morgan fingerprint density at radius 2 is 2.20 bits per heavy atom. The summed E-state index contributed by atoms with van der Waals surface area (Å²) < 4.78 is 14.8. The number of carbonyl (C=O) groups excluding carboxylic acids is 1. The van der Waals surface area contributed by atoms with Gasteiger partial charge in [0.25, 0.3) is 0 Å². The molecule has 0 unspecified atom stereocenters. The van der Waals surface area contributed by atoms with Crippen LogP contribution in [-0.2, 0) is 11.2 Å². The first-order valence-corrected chi connectivity index (χ1v) is 5.47. The molecule has 84 valence electrons. The number of aliphatic hydroxyl groups excluding tert-OH is 1. The first-order chi connectivity index (χ1) is 7.24. The van der Waals surface area contributed by atoms with Gasteiger partial charge < -0.3 is 8.64 Å². The number of hydrogen-bond donors (Lipinski definition) is 2. The van der Waals surface area contributed by atoms with Crippen molar-refractivity contribution in [2.45, 2.75) is 12.8 Å². The van der Waals surface area contributed by atoms with Crippen molar-refractivity contribution in [3.8, 4) is 0 Å². The lowest BCUT2D eigenvalue weighted by Gasteiger charge is -1.97. The fraction of sp³-hybridized carbons (Fsp3) is 0.300. The van der Waals surface area contributed by atoms with Crippen LogP contribution in [0, 0.1) is 5.82 Å². The molecule has 0 saturated heterocycles. The minimum absolute atomic E-state index is 0.163. The van der Waals surface area contributed by atoms with E-state index in [-0.39, 0.29) is 12.4 Å². The van der Waals surface area contributed by atoms with Gasteiger partial charge in [-0.15, -0.1) is 0 Å². The van der Waals surface area contributed by atoms with Crippen LogP contribution >= 0.6 is 22.9 Å². The largest absolute Gasteiger partial charge is 0.396 e. The highest BCUT2D eigenvalue weighted by Crippen LogP contribution is 2.05. The second-order valence-electron chi connectivity index (χ2n) is 2.68. The maximum atomic E-state index is 12.5. The van der Waals surface area contributed by atoms with Crippen molar-refractivity contribution < 1.29 is 14.3 Å². The SMILES string of the molecule is O=CNI.OCCCc1cccc(F)c1. The number of rotatable bonds is 4. The van der Waals surface area contributed by atoms with Crippen LogP contribution in [0.5, 0.6) is 0 Å². The average Bonchev–Trinajstić information content (AvgIpc) is 2.27. The van der Waals surface area contributed by atoms with Gasteiger partial charge >= 0.3 is 0 Å². The smallest absolute Gasteiger partial charge is 0.215 e. The van der Waals surface area contributed by atoms with Crippen molar-refractivity contribution in [2.75, 3.05) is 6.61 Å². The number of aliphatic hydroxyl groups is 1. The lowest BCUT2D eigenvalue weighted by Crippen LogP contribution is -1.89. The molecule has 0 radical (unpaired) electrons. The molecule has 0 aliphatic carbocycles. The normalized spacial score (nSPS) is 8.73. The molecule has 15 heavy (non-hydrogen) atoms. The number of carbonyl (C=O) groups is 1. The molecule has 5 heteroatoms. The molecular formula is C10H13FINO2. The van der Waals surface area contributed by atoms with E-state index in [1.54, 1.807) is 28.9 Å². The van der Waals surface area contributed by atoms with Crippen LogP contribution < -0.4 is 3.53 Å². The number of aryl methyl sites for hydroxylation is 1. The monoisotopic (exact) mass is 325 g/mol. The molecule has 1 amide bonds. The Hall–Kier alpha value is -0.690. The third-order valence-electron chi connectivity index (χ3n) is 1.56. The third kappa shape index (κ3) is 8.31. The standard InChI is InChI=1S/C9H11FO.CH2INO/c10-9-5-1-3-8(7-9)4-2-6-11;2-3-1-4/h1,3,5,7,11H,2,4,6H2;1H,(H,3,4). The van der Waals surface area contributed by atoms with E-state index in [1.165, 1.54) is 12.1 Å². The molecular weight excluding hydrogens is 312 g/mol. The van der Waals surface area contributed by atoms with E-state index in [0.717, 1.165) is 12.0 Å². The zero-order chi connectivity index (χ0) is 11.5. The summed E-state index contributed by atoms with van der Waals surface area (Å²) in [6.07, 6.45) is 2.05. The van der Waals surface area contributed by atoms with Crippen LogP contribution in [0.3, 0.4) is 0 Å². The average molecular weight is 325 g/mol. The summed E-state index contributed by atoms with van der Waals surface area (Å²) in [6.45, 7) is 0.163. The minimum Gasteiger partial charge on any atom is -0.396 e. The number of benzene rings is 1. The zero-order valence-corrected chi connectivity index (χ0v) is 10.3. The van der Waals surface area contributed by atoms with E-state index in [1.807, 2.05) is 6.07 Å². The summed E-state index contributed by atoms with van der Waals surface area (Å²) >= 11 is 1.73. The first-order valence-electron chi connectivity index (χ1n) is 4.39. The van der Waals surface area contributed by atoms with Crippen molar-refractivity contribution in [1.29, 1.82) is 0 Å². The molecule has 2 N–H and O–H groups in total. The van der Waals surface area contributed by atoms with Gasteiger partial charge in [-0.1, -0.05) is 12.1 Å². The molecule has 0 spiro atoms. The summed E-state index contributed by atoms with van der Waals surface area (Å²) in [5.74, 6) is -0.208. The van der Waals surface area contributed by atoms with E-state index in [0.29, 0.717) is 12.8 Å². The zero-order valence-electron chi connectivity index (χ0n) is 8.12. The van der Waals surface area contributed by atoms with Crippen molar-refractivity contribution in [2.24, 2.45) is 0 Å². The fourth-order valence-corrected chi connectivity index (χ4v) is 0.976. The van der Waals surface area contributed by atoms with Crippen molar-refractivity contribution in [1.82, 2.24) is 3.53 Å². The number of amides is 1. The van der Waals surface area contributed by atoms with Crippen LogP contribution in [0.4, 0.5) is 4.39 Å². The van der Waals surface area contributed by atoms with E-state index < -0.39 is 0 Å². The Bertz CT molecular complexity index is 284. The van der Waals surface area contributed by atoms with Crippen LogP contribution in [0.2, 0.25) is 0 Å². The van der Waals surface area contributed by atoms with Crippen LogP contribution in [0.15, 0.2) is 24.3 Å². The van der Waals surface area contributed by atoms with Gasteiger partial charge in [0.1, 0.15) is 5.82 Å². The predicted molar refractivity (Wildman–Crippen MR) is 65.0 cm³/mol. The maximum Gasteiger partial charge on any atom is 0.215 e. The van der Waals surface area contributed by atoms with Crippen LogP contribution in [0.1, 0.15) is 12.0 Å². The molecule has 0 fully saturated rings. The van der Waals surface area contributed by atoms with E-state index in [4.69, 9.17) is 9.90 Å². The van der Waals surface area contributed by atoms with Crippen molar-refractivity contribution >= 4 is 29.3 Å². The van der Waals surface area contributed by atoms with E-state index >= 15 is 0 Å². The third-order valence-corrected chi connectivity index (χ3v) is 1.81. The summed E-state index contributed by atoms with van der Waals surface area (Å²) in [7, 11) is 0. The number of halogens is 2. The summed E-state index contributed by atoms with van der Waals surface area (Å²) in [6, 6.07) is 6.46. The van der Waals surface area contributed by atoms with Gasteiger partial charge in [0.05, 0.1) is 22.9 Å². The minimum atomic E-state index is -0.208. The Kier molecular flexibility index (Phi) is 9.40. The Morgan fingerprint density at radius 3 is 2.67 bits per heavy atom. The maximum absolute atomic E-state index is 12.5. The van der Waals surface area contributed by atoms with E-state index in [9.17, 15) is 4.39 Å². The Morgan fingerprint density at radius 1 is 1.53 bits per heavy atom. The van der Waals surface area contributed by atoms with Crippen molar-refractivity contribution in [3.63, 3.8) is 0 Å². The lowest BCUT2D eigenvalue weighted by atomic mass is 10.1. The first kappa shape index (κ1) is 14.3. The molecule has 1 rings (SSSR count). The predicted octanol–water partition coefficient (Wildman–Crippen LogP) is 1.83. The molecule has 0 saturated carbocycles. The van der Waals surface area contributed by atoms with Gasteiger partial charge in [-0.3, -0.25) is 4.79 Å². The number of nitrogens with one attached hydrogen (secondary N) is 1. The fourth-order valence-electron chi connectivity index (χ4n) is 0.976. The second-order valence-corrected chi connectivity index (χ2v) is 3.31. The molecule has 0 aromatic heterocycles. The molecule has 0 aliphatic rings. The number of hydrogen-bond acceptors (Lipinski definition) is 2. The Balaban J connectivity index is 0.000000423. The van der Waals surface area contributed by atoms with Gasteiger partial charge in [-0.2, -0.15) is 0 Å². The highest BCUT2D eigenvalue weighted by molar-refractivity contribution is 14.1. The summed E-state index contributed by atoms with van der Waals surface area (Å²) in [5, 5.41) is 8.50. The van der Waals surface area contributed by atoms with E-state index in [2.05, 4.69) is 3.53 Å². The summed E-state index contributed by atoms with van der Waals surface area (Å²) in [5.41, 5.74) is 0.944.